The Morgan fingerprint density at radius 2 is 1.48 bits per heavy atom. The summed E-state index contributed by atoms with van der Waals surface area (Å²) in [5.74, 6) is -1.28. The van der Waals surface area contributed by atoms with E-state index < -0.39 is 17.6 Å². The molecule has 1 aliphatic heterocycles. The molecule has 4 rings (SSSR count). The third-order valence-corrected chi connectivity index (χ3v) is 5.42. The minimum absolute atomic E-state index is 0.116. The van der Waals surface area contributed by atoms with Crippen LogP contribution in [0.25, 0.3) is 5.57 Å². The second-order valence-electron chi connectivity index (χ2n) is 7.46. The Bertz CT molecular complexity index is 1150. The predicted octanol–water partition coefficient (Wildman–Crippen LogP) is 4.94. The van der Waals surface area contributed by atoms with Crippen molar-refractivity contribution in [1.29, 1.82) is 0 Å². The maximum absolute atomic E-state index is 14.3. The standard InChI is InChI=1S/C26H23FN2O2/c1-3-28(21-10-5-4-6-11-21)24-23(19-15-13-18(2)14-16-19)25(30)29(26(24)31)17-20-9-7-8-12-22(20)27/h4-16H,3,17H2,1-2H3. The van der Waals surface area contributed by atoms with Crippen LogP contribution in [0.3, 0.4) is 0 Å². The Labute approximate surface area is 181 Å². The number of para-hydroxylation sites is 1. The highest BCUT2D eigenvalue weighted by Crippen LogP contribution is 2.35. The number of amides is 2. The molecule has 3 aromatic carbocycles. The van der Waals surface area contributed by atoms with Gasteiger partial charge in [-0.2, -0.15) is 0 Å². The lowest BCUT2D eigenvalue weighted by molar-refractivity contribution is -0.137. The molecule has 31 heavy (non-hydrogen) atoms. The summed E-state index contributed by atoms with van der Waals surface area (Å²) in [6.07, 6.45) is 0. The minimum Gasteiger partial charge on any atom is -0.337 e. The van der Waals surface area contributed by atoms with Crippen molar-refractivity contribution in [3.05, 3.63) is 107 Å². The topological polar surface area (TPSA) is 40.6 Å². The highest BCUT2D eigenvalue weighted by Gasteiger charge is 2.41. The van der Waals surface area contributed by atoms with Gasteiger partial charge in [0.2, 0.25) is 0 Å². The van der Waals surface area contributed by atoms with Gasteiger partial charge in [-0.15, -0.1) is 0 Å². The van der Waals surface area contributed by atoms with E-state index in [9.17, 15) is 14.0 Å². The number of halogens is 1. The molecule has 0 saturated heterocycles. The summed E-state index contributed by atoms with van der Waals surface area (Å²) >= 11 is 0. The van der Waals surface area contributed by atoms with Crippen molar-refractivity contribution in [2.75, 3.05) is 11.4 Å². The molecule has 0 unspecified atom stereocenters. The molecule has 156 valence electrons. The molecule has 0 aliphatic carbocycles. The number of rotatable bonds is 6. The third-order valence-electron chi connectivity index (χ3n) is 5.42. The lowest BCUT2D eigenvalue weighted by Crippen LogP contribution is -2.35. The van der Waals surface area contributed by atoms with Crippen LogP contribution in [0.5, 0.6) is 0 Å². The zero-order valence-corrected chi connectivity index (χ0v) is 17.5. The first-order valence-electron chi connectivity index (χ1n) is 10.2. The van der Waals surface area contributed by atoms with E-state index in [1.165, 1.54) is 6.07 Å². The molecule has 2 amide bonds. The third kappa shape index (κ3) is 3.87. The second-order valence-corrected chi connectivity index (χ2v) is 7.46. The van der Waals surface area contributed by atoms with Crippen LogP contribution in [0.4, 0.5) is 10.1 Å². The quantitative estimate of drug-likeness (QED) is 0.537. The Balaban J connectivity index is 1.83. The maximum Gasteiger partial charge on any atom is 0.278 e. The fraction of sp³-hybridized carbons (Fsp3) is 0.154. The molecule has 0 spiro atoms. The molecular weight excluding hydrogens is 391 g/mol. The first-order chi connectivity index (χ1) is 15.0. The monoisotopic (exact) mass is 414 g/mol. The SMILES string of the molecule is CCN(C1=C(c2ccc(C)cc2)C(=O)N(Cc2ccccc2F)C1=O)c1ccccc1. The maximum atomic E-state index is 14.3. The van der Waals surface area contributed by atoms with E-state index in [-0.39, 0.29) is 6.54 Å². The second kappa shape index (κ2) is 8.56. The van der Waals surface area contributed by atoms with Gasteiger partial charge in [-0.1, -0.05) is 66.2 Å². The van der Waals surface area contributed by atoms with Gasteiger partial charge in [-0.05, 0) is 37.6 Å². The molecule has 1 aliphatic rings. The number of imide groups is 1. The van der Waals surface area contributed by atoms with Crippen LogP contribution in [0.15, 0.2) is 84.6 Å². The van der Waals surface area contributed by atoms with Gasteiger partial charge in [0.05, 0.1) is 12.1 Å². The van der Waals surface area contributed by atoms with Gasteiger partial charge in [0.1, 0.15) is 11.5 Å². The molecule has 1 heterocycles. The van der Waals surface area contributed by atoms with Crippen molar-refractivity contribution in [2.24, 2.45) is 0 Å². The van der Waals surface area contributed by atoms with Gasteiger partial charge in [0, 0.05) is 17.8 Å². The van der Waals surface area contributed by atoms with Crippen molar-refractivity contribution in [1.82, 2.24) is 4.90 Å². The number of hydrogen-bond acceptors (Lipinski definition) is 3. The van der Waals surface area contributed by atoms with E-state index in [1.54, 1.807) is 18.2 Å². The lowest BCUT2D eigenvalue weighted by Gasteiger charge is -2.25. The fourth-order valence-electron chi connectivity index (χ4n) is 3.81. The molecule has 0 aromatic heterocycles. The zero-order chi connectivity index (χ0) is 22.0. The Morgan fingerprint density at radius 3 is 2.13 bits per heavy atom. The minimum atomic E-state index is -0.441. The first-order valence-corrected chi connectivity index (χ1v) is 10.2. The summed E-state index contributed by atoms with van der Waals surface area (Å²) < 4.78 is 14.3. The van der Waals surface area contributed by atoms with Crippen LogP contribution in [-0.4, -0.2) is 23.3 Å². The molecule has 0 fully saturated rings. The Morgan fingerprint density at radius 1 is 0.839 bits per heavy atom. The van der Waals surface area contributed by atoms with Crippen molar-refractivity contribution in [2.45, 2.75) is 20.4 Å². The van der Waals surface area contributed by atoms with Crippen LogP contribution in [0.2, 0.25) is 0 Å². The lowest BCUT2D eigenvalue weighted by atomic mass is 10.0. The van der Waals surface area contributed by atoms with E-state index >= 15 is 0 Å². The van der Waals surface area contributed by atoms with Crippen molar-refractivity contribution in [3.63, 3.8) is 0 Å². The molecule has 5 heteroatoms. The van der Waals surface area contributed by atoms with Crippen molar-refractivity contribution in [3.8, 4) is 0 Å². The summed E-state index contributed by atoms with van der Waals surface area (Å²) in [6, 6.07) is 23.2. The zero-order valence-electron chi connectivity index (χ0n) is 17.5. The predicted molar refractivity (Wildman–Crippen MR) is 120 cm³/mol. The van der Waals surface area contributed by atoms with Gasteiger partial charge in [0.15, 0.2) is 0 Å². The number of carbonyl (C=O) groups excluding carboxylic acids is 2. The summed E-state index contributed by atoms with van der Waals surface area (Å²) in [4.78, 5) is 30.0. The fourth-order valence-corrected chi connectivity index (χ4v) is 3.81. The largest absolute Gasteiger partial charge is 0.337 e. The summed E-state index contributed by atoms with van der Waals surface area (Å²) in [7, 11) is 0. The number of nitrogens with zero attached hydrogens (tertiary/aromatic N) is 2. The molecule has 3 aromatic rings. The number of hydrogen-bond donors (Lipinski definition) is 0. The average molecular weight is 414 g/mol. The molecule has 0 radical (unpaired) electrons. The highest BCUT2D eigenvalue weighted by atomic mass is 19.1. The molecule has 0 N–H and O–H groups in total. The van der Waals surface area contributed by atoms with Crippen molar-refractivity contribution < 1.29 is 14.0 Å². The highest BCUT2D eigenvalue weighted by molar-refractivity contribution is 6.36. The first kappa shape index (κ1) is 20.5. The van der Waals surface area contributed by atoms with Gasteiger partial charge < -0.3 is 4.90 Å². The van der Waals surface area contributed by atoms with Crippen LogP contribution >= 0.6 is 0 Å². The number of anilines is 1. The van der Waals surface area contributed by atoms with Crippen LogP contribution < -0.4 is 4.90 Å². The molecular formula is C26H23FN2O2. The normalized spacial score (nSPS) is 13.8. The molecule has 0 atom stereocenters. The van der Waals surface area contributed by atoms with Gasteiger partial charge in [-0.25, -0.2) is 4.39 Å². The van der Waals surface area contributed by atoms with Crippen molar-refractivity contribution >= 4 is 23.1 Å². The molecule has 0 saturated carbocycles. The van der Waals surface area contributed by atoms with Gasteiger partial charge in [-0.3, -0.25) is 14.5 Å². The number of benzene rings is 3. The molecule has 0 bridgehead atoms. The van der Waals surface area contributed by atoms with E-state index in [1.807, 2.05) is 73.3 Å². The van der Waals surface area contributed by atoms with Gasteiger partial charge >= 0.3 is 0 Å². The number of carbonyl (C=O) groups is 2. The Hall–Kier alpha value is -3.73. The van der Waals surface area contributed by atoms with Gasteiger partial charge in [0.25, 0.3) is 11.8 Å². The average Bonchev–Trinajstić information content (AvgIpc) is 3.02. The van der Waals surface area contributed by atoms with Crippen LogP contribution in [0.1, 0.15) is 23.6 Å². The molecule has 4 nitrogen and oxygen atoms in total. The van der Waals surface area contributed by atoms with E-state index in [2.05, 4.69) is 0 Å². The number of likely N-dealkylation sites (N-methyl/N-ethyl adjacent to an activating group) is 1. The van der Waals surface area contributed by atoms with E-state index in [0.717, 1.165) is 16.2 Å². The summed E-state index contributed by atoms with van der Waals surface area (Å²) in [6.45, 7) is 4.29. The summed E-state index contributed by atoms with van der Waals surface area (Å²) in [5, 5.41) is 0. The summed E-state index contributed by atoms with van der Waals surface area (Å²) in [5.41, 5.74) is 3.51. The Kier molecular flexibility index (Phi) is 5.67. The smallest absolute Gasteiger partial charge is 0.278 e. The van der Waals surface area contributed by atoms with Crippen LogP contribution in [0, 0.1) is 12.7 Å². The van der Waals surface area contributed by atoms with Crippen LogP contribution in [-0.2, 0) is 16.1 Å². The number of aryl methyl sites for hydroxylation is 1. The van der Waals surface area contributed by atoms with E-state index in [4.69, 9.17) is 0 Å². The van der Waals surface area contributed by atoms with E-state index in [0.29, 0.717) is 28.9 Å².